The number of carbonyl (C=O) groups excluding carboxylic acids is 1. The molecule has 0 aromatic rings. The summed E-state index contributed by atoms with van der Waals surface area (Å²) in [4.78, 5) is 15.8. The molecule has 2 saturated carbocycles. The van der Waals surface area contributed by atoms with Gasteiger partial charge >= 0.3 is 0 Å². The predicted molar refractivity (Wildman–Crippen MR) is 118 cm³/mol. The molecule has 1 aliphatic heterocycles. The number of carbonyl (C=O) groups is 1. The molecular weight excluding hydrogens is 344 g/mol. The Kier molecular flexibility index (Phi) is 8.41. The fraction of sp³-hybridized carbons (Fsp3) is 0.920. The van der Waals surface area contributed by atoms with Crippen molar-refractivity contribution < 1.29 is 4.79 Å². The number of amides is 1. The van der Waals surface area contributed by atoms with Gasteiger partial charge in [0.2, 0.25) is 5.91 Å². The molecule has 3 nitrogen and oxygen atoms in total. The second-order valence-corrected chi connectivity index (χ2v) is 10.1. The van der Waals surface area contributed by atoms with Gasteiger partial charge in [0.25, 0.3) is 0 Å². The van der Waals surface area contributed by atoms with E-state index in [1.807, 2.05) is 4.90 Å². The zero-order valence-electron chi connectivity index (χ0n) is 18.4. The molecule has 1 N–H and O–H groups in total. The molecule has 0 aromatic carbocycles. The number of nitrogens with one attached hydrogen (secondary N) is 1. The summed E-state index contributed by atoms with van der Waals surface area (Å²) in [7, 11) is 0. The molecule has 0 unspecified atom stereocenters. The lowest BCUT2D eigenvalue weighted by molar-refractivity contribution is -0.140. The maximum atomic E-state index is 13.9. The molecule has 3 rings (SSSR count). The molecule has 3 heteroatoms. The number of rotatable bonds is 8. The van der Waals surface area contributed by atoms with Crippen LogP contribution in [-0.2, 0) is 4.79 Å². The third-order valence-corrected chi connectivity index (χ3v) is 7.99. The molecule has 0 bridgehead atoms. The highest BCUT2D eigenvalue weighted by Crippen LogP contribution is 2.46. The Balaban J connectivity index is 1.77. The van der Waals surface area contributed by atoms with Crippen LogP contribution in [0.2, 0.25) is 0 Å². The molecule has 2 aliphatic carbocycles. The van der Waals surface area contributed by atoms with Crippen molar-refractivity contribution in [3.8, 4) is 0 Å². The van der Waals surface area contributed by atoms with Crippen molar-refractivity contribution in [2.45, 2.75) is 122 Å². The van der Waals surface area contributed by atoms with Gasteiger partial charge in [-0.15, -0.1) is 0 Å². The van der Waals surface area contributed by atoms with Crippen LogP contribution in [0, 0.1) is 22.7 Å². The van der Waals surface area contributed by atoms with Crippen molar-refractivity contribution in [1.82, 2.24) is 4.90 Å². The van der Waals surface area contributed by atoms with Gasteiger partial charge in [-0.2, -0.15) is 0 Å². The summed E-state index contributed by atoms with van der Waals surface area (Å²) in [5.41, 5.74) is -0.171. The van der Waals surface area contributed by atoms with E-state index < -0.39 is 0 Å². The van der Waals surface area contributed by atoms with Crippen molar-refractivity contribution in [3.63, 3.8) is 0 Å². The summed E-state index contributed by atoms with van der Waals surface area (Å²) in [6, 6.07) is 0. The normalized spacial score (nSPS) is 28.5. The molecule has 1 heterocycles. The van der Waals surface area contributed by atoms with Gasteiger partial charge in [-0.05, 0) is 50.4 Å². The first-order valence-electron chi connectivity index (χ1n) is 12.5. The van der Waals surface area contributed by atoms with Gasteiger partial charge in [0.05, 0.1) is 5.41 Å². The molecular formula is C25H44N2O. The zero-order valence-corrected chi connectivity index (χ0v) is 18.4. The number of nitrogens with zero attached hydrogens (tertiary/aromatic N) is 1. The number of amidine groups is 1. The van der Waals surface area contributed by atoms with Gasteiger partial charge in [0.1, 0.15) is 5.84 Å². The lowest BCUT2D eigenvalue weighted by Gasteiger charge is -2.39. The molecule has 28 heavy (non-hydrogen) atoms. The summed E-state index contributed by atoms with van der Waals surface area (Å²) >= 11 is 0. The average molecular weight is 389 g/mol. The molecule has 0 spiro atoms. The molecule has 0 aromatic heterocycles. The van der Waals surface area contributed by atoms with Gasteiger partial charge in [-0.25, -0.2) is 0 Å². The van der Waals surface area contributed by atoms with E-state index in [1.54, 1.807) is 0 Å². The summed E-state index contributed by atoms with van der Waals surface area (Å²) < 4.78 is 0. The van der Waals surface area contributed by atoms with E-state index in [1.165, 1.54) is 70.6 Å². The van der Waals surface area contributed by atoms with Crippen LogP contribution < -0.4 is 0 Å². The Labute approximate surface area is 173 Å². The molecule has 0 radical (unpaired) electrons. The minimum Gasteiger partial charge on any atom is -0.300 e. The summed E-state index contributed by atoms with van der Waals surface area (Å²) in [5, 5.41) is 8.52. The van der Waals surface area contributed by atoms with E-state index in [0.29, 0.717) is 11.7 Å². The fourth-order valence-corrected chi connectivity index (χ4v) is 6.22. The third kappa shape index (κ3) is 5.60. The summed E-state index contributed by atoms with van der Waals surface area (Å²) in [6.07, 6.45) is 22.1. The van der Waals surface area contributed by atoms with Gasteiger partial charge < -0.3 is 4.90 Å². The quantitative estimate of drug-likeness (QED) is 0.474. The molecule has 1 saturated heterocycles. The maximum absolute atomic E-state index is 13.9. The van der Waals surface area contributed by atoms with Crippen molar-refractivity contribution in [1.29, 1.82) is 5.41 Å². The molecule has 1 amide bonds. The zero-order chi connectivity index (χ0) is 19.8. The first kappa shape index (κ1) is 21.8. The van der Waals surface area contributed by atoms with Crippen LogP contribution in [-0.4, -0.2) is 23.2 Å². The topological polar surface area (TPSA) is 44.2 Å². The second-order valence-electron chi connectivity index (χ2n) is 10.1. The van der Waals surface area contributed by atoms with Crippen LogP contribution in [0.15, 0.2) is 0 Å². The first-order chi connectivity index (χ1) is 13.6. The highest BCUT2D eigenvalue weighted by Gasteiger charge is 2.45. The standard InChI is InChI=1S/C25H44N2O/c1-2-3-19-27-23(26)15-10-17-25(24(27)28,20-22-13-8-5-9-14-22)18-16-21-11-6-4-7-12-21/h21-22,26H,2-20H2,1H3/t25-/m0/s1. The number of likely N-dealkylation sites (tertiary alicyclic amines) is 1. The Morgan fingerprint density at radius 1 is 0.964 bits per heavy atom. The largest absolute Gasteiger partial charge is 0.300 e. The van der Waals surface area contributed by atoms with Gasteiger partial charge in [0, 0.05) is 13.0 Å². The van der Waals surface area contributed by atoms with E-state index >= 15 is 0 Å². The van der Waals surface area contributed by atoms with E-state index in [2.05, 4.69) is 6.92 Å². The second kappa shape index (κ2) is 10.8. The average Bonchev–Trinajstić information content (AvgIpc) is 2.84. The van der Waals surface area contributed by atoms with Crippen LogP contribution in [0.25, 0.3) is 0 Å². The van der Waals surface area contributed by atoms with E-state index in [-0.39, 0.29) is 5.41 Å². The smallest absolute Gasteiger partial charge is 0.234 e. The van der Waals surface area contributed by atoms with Crippen molar-refractivity contribution in [2.24, 2.45) is 17.3 Å². The number of hydrogen-bond donors (Lipinski definition) is 1. The SMILES string of the molecule is CCCCN1C(=N)CCC[C@](CCC2CCCCC2)(CC2CCCCC2)C1=O. The highest BCUT2D eigenvalue weighted by atomic mass is 16.2. The lowest BCUT2D eigenvalue weighted by atomic mass is 9.67. The Bertz CT molecular complexity index is 505. The number of hydrogen-bond acceptors (Lipinski definition) is 2. The number of unbranched alkanes of at least 4 members (excludes halogenated alkanes) is 1. The van der Waals surface area contributed by atoms with Crippen LogP contribution in [0.3, 0.4) is 0 Å². The minimum atomic E-state index is -0.171. The van der Waals surface area contributed by atoms with Crippen molar-refractivity contribution in [3.05, 3.63) is 0 Å². The maximum Gasteiger partial charge on any atom is 0.234 e. The van der Waals surface area contributed by atoms with Crippen LogP contribution in [0.5, 0.6) is 0 Å². The van der Waals surface area contributed by atoms with E-state index in [0.717, 1.165) is 63.3 Å². The van der Waals surface area contributed by atoms with Crippen LogP contribution in [0.1, 0.15) is 122 Å². The predicted octanol–water partition coefficient (Wildman–Crippen LogP) is 7.09. The molecule has 160 valence electrons. The molecule has 3 fully saturated rings. The Morgan fingerprint density at radius 2 is 1.61 bits per heavy atom. The highest BCUT2D eigenvalue weighted by molar-refractivity contribution is 6.00. The lowest BCUT2D eigenvalue weighted by Crippen LogP contribution is -2.46. The fourth-order valence-electron chi connectivity index (χ4n) is 6.22. The molecule has 1 atom stereocenters. The van der Waals surface area contributed by atoms with Crippen molar-refractivity contribution in [2.75, 3.05) is 6.54 Å². The van der Waals surface area contributed by atoms with Gasteiger partial charge in [-0.1, -0.05) is 77.6 Å². The first-order valence-corrected chi connectivity index (χ1v) is 12.5. The Hall–Kier alpha value is -0.860. The van der Waals surface area contributed by atoms with E-state index in [9.17, 15) is 4.79 Å². The summed E-state index contributed by atoms with van der Waals surface area (Å²) in [6.45, 7) is 2.95. The Morgan fingerprint density at radius 3 is 2.25 bits per heavy atom. The van der Waals surface area contributed by atoms with Crippen LogP contribution >= 0.6 is 0 Å². The van der Waals surface area contributed by atoms with Crippen molar-refractivity contribution >= 4 is 11.7 Å². The van der Waals surface area contributed by atoms with Gasteiger partial charge in [0.15, 0.2) is 0 Å². The third-order valence-electron chi connectivity index (χ3n) is 7.99. The molecule has 3 aliphatic rings. The van der Waals surface area contributed by atoms with Crippen LogP contribution in [0.4, 0.5) is 0 Å². The monoisotopic (exact) mass is 388 g/mol. The van der Waals surface area contributed by atoms with Gasteiger partial charge in [-0.3, -0.25) is 10.2 Å². The van der Waals surface area contributed by atoms with E-state index in [4.69, 9.17) is 5.41 Å². The minimum absolute atomic E-state index is 0.171. The summed E-state index contributed by atoms with van der Waals surface area (Å²) in [5.74, 6) is 2.52.